The lowest BCUT2D eigenvalue weighted by Gasteiger charge is -2.17. The third-order valence-electron chi connectivity index (χ3n) is 3.27. The third-order valence-corrected chi connectivity index (χ3v) is 4.93. The van der Waals surface area contributed by atoms with Gasteiger partial charge in [-0.25, -0.2) is 8.42 Å². The van der Waals surface area contributed by atoms with Crippen molar-refractivity contribution in [1.29, 1.82) is 0 Å². The maximum atomic E-state index is 12.3. The molecule has 7 heteroatoms. The molecule has 1 amide bonds. The van der Waals surface area contributed by atoms with Gasteiger partial charge in [-0.2, -0.15) is 0 Å². The Morgan fingerprint density at radius 3 is 2.48 bits per heavy atom. The van der Waals surface area contributed by atoms with Gasteiger partial charge in [0.25, 0.3) is 0 Å². The number of hydrogen-bond donors (Lipinski definition) is 2. The van der Waals surface area contributed by atoms with Crippen LogP contribution in [0.4, 0.5) is 5.69 Å². The summed E-state index contributed by atoms with van der Waals surface area (Å²) in [5, 5.41) is 2.66. The number of ether oxygens (including phenoxy) is 1. The molecule has 0 spiro atoms. The largest absolute Gasteiger partial charge is 0.497 e. The van der Waals surface area contributed by atoms with Crippen molar-refractivity contribution >= 4 is 21.4 Å². The molecule has 1 atom stereocenters. The van der Waals surface area contributed by atoms with E-state index in [1.807, 2.05) is 20.8 Å². The number of carbonyl (C=O) groups is 1. The monoisotopic (exact) mass is 314 g/mol. The minimum atomic E-state index is -3.81. The van der Waals surface area contributed by atoms with Crippen LogP contribution in [0, 0.1) is 5.92 Å². The van der Waals surface area contributed by atoms with Crippen LogP contribution in [-0.4, -0.2) is 33.2 Å². The van der Waals surface area contributed by atoms with E-state index in [0.29, 0.717) is 5.75 Å². The number of methoxy groups -OCH3 is 1. The van der Waals surface area contributed by atoms with E-state index in [2.05, 4.69) is 5.32 Å². The van der Waals surface area contributed by atoms with Gasteiger partial charge in [-0.05, 0) is 25.0 Å². The van der Waals surface area contributed by atoms with E-state index in [4.69, 9.17) is 10.5 Å². The number of hydrogen-bond acceptors (Lipinski definition) is 5. The zero-order chi connectivity index (χ0) is 16.2. The summed E-state index contributed by atoms with van der Waals surface area (Å²) in [5.74, 6) is -0.586. The summed E-state index contributed by atoms with van der Waals surface area (Å²) in [5.41, 5.74) is 5.79. The smallest absolute Gasteiger partial charge is 0.235 e. The van der Waals surface area contributed by atoms with Gasteiger partial charge in [0.15, 0.2) is 9.84 Å². The Morgan fingerprint density at radius 2 is 1.95 bits per heavy atom. The quantitative estimate of drug-likeness (QED) is 0.769. The van der Waals surface area contributed by atoms with E-state index in [1.165, 1.54) is 19.2 Å². The van der Waals surface area contributed by atoms with Crippen LogP contribution < -0.4 is 15.8 Å². The van der Waals surface area contributed by atoms with Crippen molar-refractivity contribution < 1.29 is 17.9 Å². The lowest BCUT2D eigenvalue weighted by atomic mass is 10.1. The molecule has 0 saturated carbocycles. The highest BCUT2D eigenvalue weighted by atomic mass is 32.2. The lowest BCUT2D eigenvalue weighted by Crippen LogP contribution is -2.39. The second-order valence-electron chi connectivity index (χ2n) is 5.26. The number of sulfone groups is 1. The molecule has 6 nitrogen and oxygen atoms in total. The van der Waals surface area contributed by atoms with Gasteiger partial charge in [-0.1, -0.05) is 13.8 Å². The minimum Gasteiger partial charge on any atom is -0.497 e. The van der Waals surface area contributed by atoms with Gasteiger partial charge >= 0.3 is 0 Å². The van der Waals surface area contributed by atoms with E-state index in [-0.39, 0.29) is 22.5 Å². The highest BCUT2D eigenvalue weighted by Gasteiger charge is 2.23. The van der Waals surface area contributed by atoms with Gasteiger partial charge in [0.1, 0.15) is 11.5 Å². The Hall–Kier alpha value is -1.76. The average molecular weight is 314 g/mol. The molecule has 1 rings (SSSR count). The van der Waals surface area contributed by atoms with Crippen LogP contribution in [0.5, 0.6) is 5.75 Å². The van der Waals surface area contributed by atoms with Crippen LogP contribution in [0.1, 0.15) is 20.8 Å². The average Bonchev–Trinajstić information content (AvgIpc) is 2.38. The summed E-state index contributed by atoms with van der Waals surface area (Å²) < 4.78 is 29.6. The highest BCUT2D eigenvalue weighted by Crippen LogP contribution is 2.24. The minimum absolute atomic E-state index is 0.0887. The van der Waals surface area contributed by atoms with E-state index in [0.717, 1.165) is 0 Å². The lowest BCUT2D eigenvalue weighted by molar-refractivity contribution is -0.119. The Morgan fingerprint density at radius 1 is 1.33 bits per heavy atom. The van der Waals surface area contributed by atoms with Gasteiger partial charge in [-0.15, -0.1) is 0 Å². The maximum absolute atomic E-state index is 12.3. The highest BCUT2D eigenvalue weighted by molar-refractivity contribution is 7.92. The van der Waals surface area contributed by atoms with Gasteiger partial charge in [0.2, 0.25) is 5.91 Å². The molecule has 118 valence electrons. The molecule has 0 aliphatic rings. The van der Waals surface area contributed by atoms with Crippen LogP contribution in [-0.2, 0) is 14.6 Å². The number of carbonyl (C=O) groups excluding carboxylic acids is 1. The molecule has 1 aromatic rings. The first-order chi connectivity index (χ1) is 9.67. The first-order valence-corrected chi connectivity index (χ1v) is 8.28. The Bertz CT molecular complexity index is 611. The molecule has 0 aliphatic carbocycles. The predicted octanol–water partition coefficient (Wildman–Crippen LogP) is 1.21. The topological polar surface area (TPSA) is 98.5 Å². The van der Waals surface area contributed by atoms with Crippen molar-refractivity contribution in [3.8, 4) is 5.75 Å². The van der Waals surface area contributed by atoms with Crippen molar-refractivity contribution in [1.82, 2.24) is 5.32 Å². The van der Waals surface area contributed by atoms with Crippen LogP contribution in [0.15, 0.2) is 23.1 Å². The number of anilines is 1. The predicted molar refractivity (Wildman–Crippen MR) is 81.9 cm³/mol. The Labute approximate surface area is 125 Å². The fourth-order valence-electron chi connectivity index (χ4n) is 1.62. The zero-order valence-corrected chi connectivity index (χ0v) is 13.5. The first-order valence-electron chi connectivity index (χ1n) is 6.63. The molecule has 21 heavy (non-hydrogen) atoms. The molecular weight excluding hydrogens is 292 g/mol. The summed E-state index contributed by atoms with van der Waals surface area (Å²) in [7, 11) is -2.38. The van der Waals surface area contributed by atoms with Crippen LogP contribution in [0.2, 0.25) is 0 Å². The van der Waals surface area contributed by atoms with E-state index < -0.39 is 21.5 Å². The fourth-order valence-corrected chi connectivity index (χ4v) is 2.93. The van der Waals surface area contributed by atoms with Crippen LogP contribution in [0.3, 0.4) is 0 Å². The normalized spacial score (nSPS) is 13.0. The molecule has 1 aromatic carbocycles. The maximum Gasteiger partial charge on any atom is 0.235 e. The molecule has 0 aromatic heterocycles. The van der Waals surface area contributed by atoms with Gasteiger partial charge in [0.05, 0.1) is 17.7 Å². The van der Waals surface area contributed by atoms with Crippen molar-refractivity contribution in [2.45, 2.75) is 31.7 Å². The standard InChI is InChI=1S/C14H22N2O4S/c1-9(2)10(3)16-14(17)8-21(18,19)13-7-11(20-4)5-6-12(13)15/h5-7,9-10H,8,15H2,1-4H3,(H,16,17). The van der Waals surface area contributed by atoms with Crippen LogP contribution >= 0.6 is 0 Å². The summed E-state index contributed by atoms with van der Waals surface area (Å²) in [6.07, 6.45) is 0. The number of nitrogens with two attached hydrogens (primary N) is 1. The molecule has 1 unspecified atom stereocenters. The SMILES string of the molecule is COc1ccc(N)c(S(=O)(=O)CC(=O)NC(C)C(C)C)c1. The summed E-state index contributed by atoms with van der Waals surface area (Å²) in [6, 6.07) is 4.23. The number of rotatable bonds is 6. The van der Waals surface area contributed by atoms with Crippen molar-refractivity contribution in [3.05, 3.63) is 18.2 Å². The number of amides is 1. The van der Waals surface area contributed by atoms with Crippen LogP contribution in [0.25, 0.3) is 0 Å². The van der Waals surface area contributed by atoms with Crippen molar-refractivity contribution in [2.24, 2.45) is 5.92 Å². The molecule has 3 N–H and O–H groups in total. The van der Waals surface area contributed by atoms with Gasteiger partial charge < -0.3 is 15.8 Å². The summed E-state index contributed by atoms with van der Waals surface area (Å²) >= 11 is 0. The Balaban J connectivity index is 2.94. The zero-order valence-electron chi connectivity index (χ0n) is 12.7. The molecule has 0 aliphatic heterocycles. The summed E-state index contributed by atoms with van der Waals surface area (Å²) in [4.78, 5) is 11.8. The van der Waals surface area contributed by atoms with Gasteiger partial charge in [-0.3, -0.25) is 4.79 Å². The third kappa shape index (κ3) is 4.63. The summed E-state index contributed by atoms with van der Waals surface area (Å²) in [6.45, 7) is 5.72. The number of benzene rings is 1. The first kappa shape index (κ1) is 17.3. The molecule has 0 fully saturated rings. The molecule has 0 heterocycles. The fraction of sp³-hybridized carbons (Fsp3) is 0.500. The van der Waals surface area contributed by atoms with Crippen molar-refractivity contribution in [3.63, 3.8) is 0 Å². The molecule has 0 saturated heterocycles. The van der Waals surface area contributed by atoms with E-state index in [9.17, 15) is 13.2 Å². The molecule has 0 bridgehead atoms. The van der Waals surface area contributed by atoms with Gasteiger partial charge in [0, 0.05) is 12.1 Å². The second kappa shape index (κ2) is 6.80. The van der Waals surface area contributed by atoms with E-state index >= 15 is 0 Å². The Kier molecular flexibility index (Phi) is 5.60. The number of nitrogens with one attached hydrogen (secondary N) is 1. The number of nitrogen functional groups attached to an aromatic ring is 1. The second-order valence-corrected chi connectivity index (χ2v) is 7.22. The van der Waals surface area contributed by atoms with Crippen molar-refractivity contribution in [2.75, 3.05) is 18.6 Å². The molecule has 0 radical (unpaired) electrons. The molecular formula is C14H22N2O4S. The van der Waals surface area contributed by atoms with E-state index in [1.54, 1.807) is 6.07 Å².